The first-order chi connectivity index (χ1) is 8.51. The first-order valence-corrected chi connectivity index (χ1v) is 8.11. The van der Waals surface area contributed by atoms with Gasteiger partial charge in [-0.1, -0.05) is 0 Å². The van der Waals surface area contributed by atoms with Crippen molar-refractivity contribution in [2.24, 2.45) is 0 Å². The smallest absolute Gasteiger partial charge is 0.409 e. The first kappa shape index (κ1) is 15.5. The number of hydrogen-bond donors (Lipinski definition) is 0. The summed E-state index contributed by atoms with van der Waals surface area (Å²) < 4.78 is 30.0. The quantitative estimate of drug-likeness (QED) is 0.702. The molecule has 0 atom stereocenters. The van der Waals surface area contributed by atoms with Crippen LogP contribution in [0.25, 0.3) is 0 Å². The van der Waals surface area contributed by atoms with Crippen LogP contribution >= 0.6 is 11.6 Å². The summed E-state index contributed by atoms with van der Waals surface area (Å²) >= 11 is 5.49. The molecule has 18 heavy (non-hydrogen) atoms. The van der Waals surface area contributed by atoms with Gasteiger partial charge in [0, 0.05) is 32.1 Å². The molecule has 0 unspecified atom stereocenters. The maximum Gasteiger partial charge on any atom is 0.409 e. The normalized spacial score (nSPS) is 17.8. The lowest BCUT2D eigenvalue weighted by Gasteiger charge is -2.33. The molecular formula is C10H19ClN2O4S. The van der Waals surface area contributed by atoms with E-state index in [9.17, 15) is 13.2 Å². The zero-order valence-corrected chi connectivity index (χ0v) is 12.0. The van der Waals surface area contributed by atoms with Gasteiger partial charge in [0.05, 0.1) is 12.4 Å². The summed E-state index contributed by atoms with van der Waals surface area (Å²) in [6.07, 6.45) is 0.0671. The van der Waals surface area contributed by atoms with Crippen molar-refractivity contribution in [3.05, 3.63) is 0 Å². The Balaban J connectivity index is 2.46. The molecule has 1 heterocycles. The molecule has 1 rings (SSSR count). The number of rotatable bonds is 5. The van der Waals surface area contributed by atoms with E-state index in [4.69, 9.17) is 16.3 Å². The third-order valence-electron chi connectivity index (χ3n) is 2.69. The second kappa shape index (κ2) is 7.16. The number of piperazine rings is 1. The molecule has 0 radical (unpaired) electrons. The average molecular weight is 299 g/mol. The fraction of sp³-hybridized carbons (Fsp3) is 0.900. The summed E-state index contributed by atoms with van der Waals surface area (Å²) in [6, 6.07) is 0. The molecule has 6 nitrogen and oxygen atoms in total. The summed E-state index contributed by atoms with van der Waals surface area (Å²) in [5.41, 5.74) is 0. The van der Waals surface area contributed by atoms with Gasteiger partial charge < -0.3 is 9.64 Å². The Morgan fingerprint density at radius 1 is 1.28 bits per heavy atom. The number of sulfonamides is 1. The number of ether oxygens (including phenoxy) is 1. The van der Waals surface area contributed by atoms with Gasteiger partial charge in [0.2, 0.25) is 10.0 Å². The van der Waals surface area contributed by atoms with Crippen LogP contribution in [0.1, 0.15) is 13.3 Å². The first-order valence-electron chi connectivity index (χ1n) is 5.96. The van der Waals surface area contributed by atoms with Crippen LogP contribution in [0.15, 0.2) is 0 Å². The molecule has 0 aromatic heterocycles. The Labute approximate surface area is 113 Å². The van der Waals surface area contributed by atoms with Crippen LogP contribution in [0.4, 0.5) is 4.79 Å². The van der Waals surface area contributed by atoms with Crippen LogP contribution in [0.3, 0.4) is 0 Å². The molecule has 0 saturated carbocycles. The van der Waals surface area contributed by atoms with Gasteiger partial charge in [0.15, 0.2) is 0 Å². The topological polar surface area (TPSA) is 66.9 Å². The molecule has 1 saturated heterocycles. The average Bonchev–Trinajstić information content (AvgIpc) is 2.37. The van der Waals surface area contributed by atoms with Crippen molar-refractivity contribution in [1.82, 2.24) is 9.21 Å². The van der Waals surface area contributed by atoms with Gasteiger partial charge in [-0.2, -0.15) is 4.31 Å². The molecule has 0 bridgehead atoms. The summed E-state index contributed by atoms with van der Waals surface area (Å²) in [5.74, 6) is 0.401. The highest BCUT2D eigenvalue weighted by Gasteiger charge is 2.28. The van der Waals surface area contributed by atoms with Gasteiger partial charge in [0.1, 0.15) is 0 Å². The fourth-order valence-corrected chi connectivity index (χ4v) is 3.51. The largest absolute Gasteiger partial charge is 0.450 e. The molecule has 0 N–H and O–H groups in total. The highest BCUT2D eigenvalue weighted by Crippen LogP contribution is 2.10. The minimum Gasteiger partial charge on any atom is -0.450 e. The molecule has 0 spiro atoms. The highest BCUT2D eigenvalue weighted by atomic mass is 35.5. The molecule has 1 amide bonds. The zero-order valence-electron chi connectivity index (χ0n) is 10.5. The van der Waals surface area contributed by atoms with Crippen LogP contribution in [-0.4, -0.2) is 68.1 Å². The molecule has 106 valence electrons. The molecule has 1 aliphatic heterocycles. The summed E-state index contributed by atoms with van der Waals surface area (Å²) in [6.45, 7) is 3.46. The van der Waals surface area contributed by atoms with Crippen LogP contribution < -0.4 is 0 Å². The van der Waals surface area contributed by atoms with Gasteiger partial charge in [-0.25, -0.2) is 13.2 Å². The van der Waals surface area contributed by atoms with E-state index in [0.29, 0.717) is 45.1 Å². The minimum absolute atomic E-state index is 0.0654. The van der Waals surface area contributed by atoms with Crippen molar-refractivity contribution in [3.8, 4) is 0 Å². The van der Waals surface area contributed by atoms with Gasteiger partial charge in [-0.15, -0.1) is 11.6 Å². The number of carbonyl (C=O) groups is 1. The van der Waals surface area contributed by atoms with E-state index >= 15 is 0 Å². The maximum atomic E-state index is 11.9. The van der Waals surface area contributed by atoms with E-state index in [1.807, 2.05) is 0 Å². The number of hydrogen-bond acceptors (Lipinski definition) is 4. The maximum absolute atomic E-state index is 11.9. The standard InChI is InChI=1S/C10H19ClN2O4S/c1-2-17-10(14)12-5-7-13(8-6-12)18(15,16)9-3-4-11/h2-9H2,1H3. The molecule has 0 aromatic carbocycles. The number of carbonyl (C=O) groups excluding carboxylic acids is 1. The molecule has 0 aliphatic carbocycles. The SMILES string of the molecule is CCOC(=O)N1CCN(S(=O)(=O)CCCCl)CC1. The minimum atomic E-state index is -3.24. The number of amides is 1. The fourth-order valence-electron chi connectivity index (χ4n) is 1.73. The van der Waals surface area contributed by atoms with Crippen LogP contribution in [0, 0.1) is 0 Å². The van der Waals surface area contributed by atoms with Crippen molar-refractivity contribution < 1.29 is 17.9 Å². The predicted octanol–water partition coefficient (Wildman–Crippen LogP) is 0.719. The number of nitrogens with zero attached hydrogens (tertiary/aromatic N) is 2. The number of halogens is 1. The molecule has 1 aliphatic rings. The number of alkyl halides is 1. The Morgan fingerprint density at radius 2 is 1.89 bits per heavy atom. The Bertz CT molecular complexity index is 366. The highest BCUT2D eigenvalue weighted by molar-refractivity contribution is 7.89. The monoisotopic (exact) mass is 298 g/mol. The molecule has 0 aromatic rings. The Kier molecular flexibility index (Phi) is 6.17. The molecule has 1 fully saturated rings. The molecular weight excluding hydrogens is 280 g/mol. The lowest BCUT2D eigenvalue weighted by atomic mass is 10.4. The second-order valence-corrected chi connectivity index (χ2v) is 6.41. The van der Waals surface area contributed by atoms with E-state index in [2.05, 4.69) is 0 Å². The second-order valence-electron chi connectivity index (χ2n) is 3.94. The van der Waals surface area contributed by atoms with E-state index in [1.54, 1.807) is 6.92 Å². The van der Waals surface area contributed by atoms with Gasteiger partial charge in [-0.3, -0.25) is 0 Å². The summed E-state index contributed by atoms with van der Waals surface area (Å²) in [4.78, 5) is 13.0. The van der Waals surface area contributed by atoms with Crippen molar-refractivity contribution >= 4 is 27.7 Å². The van der Waals surface area contributed by atoms with E-state index in [1.165, 1.54) is 9.21 Å². The van der Waals surface area contributed by atoms with Crippen molar-refractivity contribution in [1.29, 1.82) is 0 Å². The summed E-state index contributed by atoms with van der Waals surface area (Å²) in [7, 11) is -3.24. The predicted molar refractivity (Wildman–Crippen MR) is 69.3 cm³/mol. The third kappa shape index (κ3) is 4.29. The van der Waals surface area contributed by atoms with E-state index in [-0.39, 0.29) is 11.8 Å². The van der Waals surface area contributed by atoms with E-state index < -0.39 is 10.0 Å². The summed E-state index contributed by atoms with van der Waals surface area (Å²) in [5, 5.41) is 0. The Hall–Kier alpha value is -0.530. The van der Waals surface area contributed by atoms with Gasteiger partial charge in [0.25, 0.3) is 0 Å². The lowest BCUT2D eigenvalue weighted by molar-refractivity contribution is 0.0934. The van der Waals surface area contributed by atoms with Gasteiger partial charge in [-0.05, 0) is 13.3 Å². The zero-order chi connectivity index (χ0) is 13.6. The van der Waals surface area contributed by atoms with Crippen LogP contribution in [0.5, 0.6) is 0 Å². The van der Waals surface area contributed by atoms with Crippen LogP contribution in [-0.2, 0) is 14.8 Å². The van der Waals surface area contributed by atoms with Crippen LogP contribution in [0.2, 0.25) is 0 Å². The van der Waals surface area contributed by atoms with Crippen molar-refractivity contribution in [2.45, 2.75) is 13.3 Å². The van der Waals surface area contributed by atoms with Crippen molar-refractivity contribution in [2.75, 3.05) is 44.4 Å². The van der Waals surface area contributed by atoms with Gasteiger partial charge >= 0.3 is 6.09 Å². The van der Waals surface area contributed by atoms with Crippen molar-refractivity contribution in [3.63, 3.8) is 0 Å². The Morgan fingerprint density at radius 3 is 2.39 bits per heavy atom. The van der Waals surface area contributed by atoms with E-state index in [0.717, 1.165) is 0 Å². The molecule has 8 heteroatoms. The lowest BCUT2D eigenvalue weighted by Crippen LogP contribution is -2.51. The third-order valence-corrected chi connectivity index (χ3v) is 4.92.